The van der Waals surface area contributed by atoms with Crippen LogP contribution in [-0.4, -0.2) is 16.2 Å². The maximum atomic E-state index is 6.71. The van der Waals surface area contributed by atoms with Crippen LogP contribution in [-0.2, 0) is 9.49 Å². The second kappa shape index (κ2) is 7.17. The second-order valence-corrected chi connectivity index (χ2v) is 7.67. The van der Waals surface area contributed by atoms with Crippen LogP contribution in [0.2, 0.25) is 13.1 Å². The molecule has 1 unspecified atom stereocenters. The molecule has 0 aliphatic rings. The smallest absolute Gasteiger partial charge is 0.173 e. The average Bonchev–Trinajstić information content (AvgIpc) is 2.35. The average molecular weight is 287 g/mol. The Labute approximate surface area is 117 Å². The van der Waals surface area contributed by atoms with E-state index in [-0.39, 0.29) is 0 Å². The predicted molar refractivity (Wildman–Crippen MR) is 80.0 cm³/mol. The van der Waals surface area contributed by atoms with Gasteiger partial charge >= 0.3 is 0 Å². The summed E-state index contributed by atoms with van der Waals surface area (Å²) >= 11 is 6.71. The van der Waals surface area contributed by atoms with Crippen LogP contribution in [0, 0.1) is 0 Å². The van der Waals surface area contributed by atoms with Crippen molar-refractivity contribution >= 4 is 20.6 Å². The van der Waals surface area contributed by atoms with Crippen molar-refractivity contribution < 1.29 is 9.16 Å². The van der Waals surface area contributed by atoms with Crippen molar-refractivity contribution in [3.05, 3.63) is 29.8 Å². The molecule has 0 N–H and O–H groups in total. The van der Waals surface area contributed by atoms with Gasteiger partial charge in [0, 0.05) is 0 Å². The Bertz CT molecular complexity index is 353. The third-order valence-corrected chi connectivity index (χ3v) is 4.31. The number of rotatable bonds is 7. The van der Waals surface area contributed by atoms with Crippen molar-refractivity contribution in [1.82, 2.24) is 0 Å². The summed E-state index contributed by atoms with van der Waals surface area (Å²) < 4.78 is 11.2. The zero-order chi connectivity index (χ0) is 13.6. The zero-order valence-corrected chi connectivity index (χ0v) is 13.6. The molecule has 0 spiro atoms. The van der Waals surface area contributed by atoms with Crippen molar-refractivity contribution in [2.24, 2.45) is 0 Å². The van der Waals surface area contributed by atoms with Crippen molar-refractivity contribution in [1.29, 1.82) is 0 Å². The van der Waals surface area contributed by atoms with Crippen molar-refractivity contribution in [3.63, 3.8) is 0 Å². The fourth-order valence-electron chi connectivity index (χ4n) is 1.89. The van der Waals surface area contributed by atoms with Crippen molar-refractivity contribution in [2.45, 2.75) is 44.3 Å². The fraction of sp³-hybridized carbons (Fsp3) is 0.571. The maximum Gasteiger partial charge on any atom is 0.173 e. The number of methoxy groups -OCH3 is 1. The summed E-state index contributed by atoms with van der Waals surface area (Å²) in [6.07, 6.45) is 3.03. The normalized spacial score (nSPS) is 14.6. The third kappa shape index (κ3) is 4.30. The van der Waals surface area contributed by atoms with Gasteiger partial charge in [0.05, 0.1) is 7.11 Å². The highest BCUT2D eigenvalue weighted by molar-refractivity contribution is 6.49. The molecule has 0 aromatic heterocycles. The highest BCUT2D eigenvalue weighted by atomic mass is 35.5. The summed E-state index contributed by atoms with van der Waals surface area (Å²) in [5.41, 5.74) is 1.03. The van der Waals surface area contributed by atoms with Gasteiger partial charge < -0.3 is 9.16 Å². The standard InChI is InChI=1S/C14H23ClO2Si/c1-5-6-11-14(15,17-18(3)4)12-7-9-13(16-2)10-8-12/h7-10,18H,5-6,11H2,1-4H3. The Kier molecular flexibility index (Phi) is 6.19. The number of alkyl halides is 1. The third-order valence-electron chi connectivity index (χ3n) is 2.80. The lowest BCUT2D eigenvalue weighted by molar-refractivity contribution is 0.145. The van der Waals surface area contributed by atoms with Gasteiger partial charge in [0.1, 0.15) is 5.75 Å². The molecule has 0 amide bonds. The highest BCUT2D eigenvalue weighted by Crippen LogP contribution is 2.37. The van der Waals surface area contributed by atoms with Gasteiger partial charge in [-0.05, 0) is 43.6 Å². The number of benzene rings is 1. The molecule has 0 saturated carbocycles. The van der Waals surface area contributed by atoms with Gasteiger partial charge in [-0.25, -0.2) is 0 Å². The first-order valence-electron chi connectivity index (χ1n) is 6.53. The Morgan fingerprint density at radius 1 is 1.22 bits per heavy atom. The highest BCUT2D eigenvalue weighted by Gasteiger charge is 2.30. The van der Waals surface area contributed by atoms with Crippen LogP contribution < -0.4 is 4.74 Å². The lowest BCUT2D eigenvalue weighted by Crippen LogP contribution is -2.28. The van der Waals surface area contributed by atoms with E-state index in [1.807, 2.05) is 24.3 Å². The molecule has 18 heavy (non-hydrogen) atoms. The largest absolute Gasteiger partial charge is 0.497 e. The molecular weight excluding hydrogens is 264 g/mol. The van der Waals surface area contributed by atoms with E-state index in [1.165, 1.54) is 0 Å². The van der Waals surface area contributed by atoms with Gasteiger partial charge in [0.15, 0.2) is 14.1 Å². The molecule has 1 rings (SSSR count). The van der Waals surface area contributed by atoms with Crippen molar-refractivity contribution in [3.8, 4) is 5.75 Å². The Morgan fingerprint density at radius 3 is 2.28 bits per heavy atom. The minimum Gasteiger partial charge on any atom is -0.497 e. The van der Waals surface area contributed by atoms with Gasteiger partial charge in [-0.15, -0.1) is 0 Å². The van der Waals surface area contributed by atoms with E-state index < -0.39 is 14.1 Å². The molecule has 0 bridgehead atoms. The molecule has 0 aliphatic carbocycles. The second-order valence-electron chi connectivity index (χ2n) is 4.73. The maximum absolute atomic E-state index is 6.71. The van der Waals surface area contributed by atoms with E-state index in [2.05, 4.69) is 20.0 Å². The summed E-state index contributed by atoms with van der Waals surface area (Å²) in [4.78, 5) is 0. The van der Waals surface area contributed by atoms with Crippen LogP contribution in [0.5, 0.6) is 5.75 Å². The molecule has 0 fully saturated rings. The minimum atomic E-state index is -1.19. The van der Waals surface area contributed by atoms with Gasteiger partial charge in [0.25, 0.3) is 0 Å². The van der Waals surface area contributed by atoms with E-state index in [9.17, 15) is 0 Å². The number of unbranched alkanes of at least 4 members (excludes halogenated alkanes) is 1. The Hall–Kier alpha value is -0.513. The Morgan fingerprint density at radius 2 is 1.83 bits per heavy atom. The van der Waals surface area contributed by atoms with Crippen LogP contribution >= 0.6 is 11.6 Å². The summed E-state index contributed by atoms with van der Waals surface area (Å²) in [5, 5.41) is -0.664. The molecule has 1 aromatic rings. The molecule has 2 nitrogen and oxygen atoms in total. The SMILES string of the molecule is CCCCC(Cl)(O[SiH](C)C)c1ccc(OC)cc1. The summed E-state index contributed by atoms with van der Waals surface area (Å²) in [6, 6.07) is 7.86. The topological polar surface area (TPSA) is 18.5 Å². The number of halogens is 1. The summed E-state index contributed by atoms with van der Waals surface area (Å²) in [7, 11) is 0.474. The molecule has 1 atom stereocenters. The predicted octanol–water partition coefficient (Wildman–Crippen LogP) is 4.28. The molecule has 102 valence electrons. The van der Waals surface area contributed by atoms with E-state index in [4.69, 9.17) is 20.8 Å². The number of ether oxygens (including phenoxy) is 1. The Balaban J connectivity index is 2.92. The minimum absolute atomic E-state index is 0.664. The molecule has 0 heterocycles. The van der Waals surface area contributed by atoms with Gasteiger partial charge in [-0.1, -0.05) is 37.1 Å². The van der Waals surface area contributed by atoms with Crippen LogP contribution in [0.4, 0.5) is 0 Å². The van der Waals surface area contributed by atoms with Crippen LogP contribution in [0.15, 0.2) is 24.3 Å². The number of hydrogen-bond acceptors (Lipinski definition) is 2. The van der Waals surface area contributed by atoms with E-state index in [0.29, 0.717) is 0 Å². The molecule has 0 radical (unpaired) electrons. The molecular formula is C14H23ClO2Si. The van der Waals surface area contributed by atoms with E-state index >= 15 is 0 Å². The quantitative estimate of drug-likeness (QED) is 0.550. The van der Waals surface area contributed by atoms with Gasteiger partial charge in [-0.2, -0.15) is 0 Å². The van der Waals surface area contributed by atoms with Gasteiger partial charge in [0.2, 0.25) is 0 Å². The molecule has 4 heteroatoms. The molecule has 0 aliphatic heterocycles. The van der Waals surface area contributed by atoms with Crippen LogP contribution in [0.1, 0.15) is 31.7 Å². The van der Waals surface area contributed by atoms with Crippen LogP contribution in [0.3, 0.4) is 0 Å². The van der Waals surface area contributed by atoms with E-state index in [1.54, 1.807) is 7.11 Å². The first kappa shape index (κ1) is 15.5. The summed E-state index contributed by atoms with van der Waals surface area (Å²) in [5.74, 6) is 0.843. The number of hydrogen-bond donors (Lipinski definition) is 0. The molecule has 1 aromatic carbocycles. The lowest BCUT2D eigenvalue weighted by atomic mass is 10.0. The van der Waals surface area contributed by atoms with E-state index in [0.717, 1.165) is 30.6 Å². The first-order chi connectivity index (χ1) is 8.51. The monoisotopic (exact) mass is 286 g/mol. The zero-order valence-electron chi connectivity index (χ0n) is 11.7. The van der Waals surface area contributed by atoms with Crippen LogP contribution in [0.25, 0.3) is 0 Å². The summed E-state index contributed by atoms with van der Waals surface area (Å²) in [6.45, 7) is 6.46. The van der Waals surface area contributed by atoms with Gasteiger partial charge in [-0.3, -0.25) is 0 Å². The van der Waals surface area contributed by atoms with Crippen molar-refractivity contribution in [2.75, 3.05) is 7.11 Å². The lowest BCUT2D eigenvalue weighted by Gasteiger charge is -2.30. The first-order valence-corrected chi connectivity index (χ1v) is 9.69. The fourth-order valence-corrected chi connectivity index (χ4v) is 3.68. The molecule has 0 saturated heterocycles.